The zero-order valence-corrected chi connectivity index (χ0v) is 20.3. The molecule has 3 aromatic carbocycles. The van der Waals surface area contributed by atoms with Gasteiger partial charge >= 0.3 is 6.18 Å². The summed E-state index contributed by atoms with van der Waals surface area (Å²) in [5, 5.41) is 2.96. The van der Waals surface area contributed by atoms with Crippen molar-refractivity contribution in [2.45, 2.75) is 6.18 Å². The summed E-state index contributed by atoms with van der Waals surface area (Å²) in [6.07, 6.45) is -4.62. The highest BCUT2D eigenvalue weighted by atomic mass is 32.1. The Morgan fingerprint density at radius 1 is 0.946 bits per heavy atom. The number of ether oxygens (including phenoxy) is 1. The summed E-state index contributed by atoms with van der Waals surface area (Å²) < 4.78 is 45.6. The zero-order valence-electron chi connectivity index (χ0n) is 19.5. The standard InChI is InChI=1S/C28H20F3N3O2S/c1-36-18-13-11-17(12-14-18)22-15-19(16-7-3-2-4-8-16)23-24(32)25(37-27(23)34-22)26(35)33-21-10-6-5-9-20(21)28(29,30)31/h2-15H,32H2,1H3,(H,33,35). The number of hydrogen-bond acceptors (Lipinski definition) is 5. The maximum atomic E-state index is 13.5. The average molecular weight is 520 g/mol. The fourth-order valence-electron chi connectivity index (χ4n) is 4.06. The second-order valence-corrected chi connectivity index (χ2v) is 9.17. The number of rotatable bonds is 5. The molecule has 1 amide bonds. The molecular weight excluding hydrogens is 499 g/mol. The van der Waals surface area contributed by atoms with Crippen LogP contribution in [-0.4, -0.2) is 18.0 Å². The SMILES string of the molecule is COc1ccc(-c2cc(-c3ccccc3)c3c(N)c(C(=O)Nc4ccccc4C(F)(F)F)sc3n2)cc1. The number of benzene rings is 3. The lowest BCUT2D eigenvalue weighted by atomic mass is 9.99. The van der Waals surface area contributed by atoms with E-state index < -0.39 is 17.6 Å². The molecule has 186 valence electrons. The monoisotopic (exact) mass is 519 g/mol. The number of aromatic nitrogens is 1. The van der Waals surface area contributed by atoms with E-state index in [1.165, 1.54) is 18.2 Å². The van der Waals surface area contributed by atoms with Crippen LogP contribution in [-0.2, 0) is 6.18 Å². The van der Waals surface area contributed by atoms with Gasteiger partial charge in [0.25, 0.3) is 5.91 Å². The Morgan fingerprint density at radius 3 is 2.30 bits per heavy atom. The fourth-order valence-corrected chi connectivity index (χ4v) is 5.08. The van der Waals surface area contributed by atoms with Crippen LogP contribution in [0.25, 0.3) is 32.6 Å². The smallest absolute Gasteiger partial charge is 0.418 e. The Morgan fingerprint density at radius 2 is 1.62 bits per heavy atom. The molecule has 3 N–H and O–H groups in total. The number of methoxy groups -OCH3 is 1. The van der Waals surface area contributed by atoms with Gasteiger partial charge < -0.3 is 15.8 Å². The number of pyridine rings is 1. The van der Waals surface area contributed by atoms with Crippen molar-refractivity contribution in [2.75, 3.05) is 18.2 Å². The first-order valence-electron chi connectivity index (χ1n) is 11.2. The molecule has 0 spiro atoms. The van der Waals surface area contributed by atoms with Crippen molar-refractivity contribution in [1.29, 1.82) is 0 Å². The highest BCUT2D eigenvalue weighted by Crippen LogP contribution is 2.42. The van der Waals surface area contributed by atoms with Crippen molar-refractivity contribution >= 4 is 38.8 Å². The van der Waals surface area contributed by atoms with Gasteiger partial charge in [-0.25, -0.2) is 4.98 Å². The van der Waals surface area contributed by atoms with E-state index in [-0.39, 0.29) is 16.3 Å². The first-order valence-corrected chi connectivity index (χ1v) is 12.0. The minimum absolute atomic E-state index is 0.0866. The predicted molar refractivity (Wildman–Crippen MR) is 141 cm³/mol. The van der Waals surface area contributed by atoms with Crippen LogP contribution in [0.1, 0.15) is 15.2 Å². The summed E-state index contributed by atoms with van der Waals surface area (Å²) in [7, 11) is 1.58. The Labute approximate surface area is 214 Å². The van der Waals surface area contributed by atoms with E-state index in [1.54, 1.807) is 7.11 Å². The summed E-state index contributed by atoms with van der Waals surface area (Å²) in [6.45, 7) is 0. The Balaban J connectivity index is 1.64. The van der Waals surface area contributed by atoms with E-state index in [0.717, 1.165) is 34.1 Å². The van der Waals surface area contributed by atoms with Gasteiger partial charge in [0.05, 0.1) is 29.7 Å². The fraction of sp³-hybridized carbons (Fsp3) is 0.0714. The molecule has 0 fully saturated rings. The van der Waals surface area contributed by atoms with Gasteiger partial charge in [-0.3, -0.25) is 4.79 Å². The molecule has 0 aliphatic carbocycles. The minimum atomic E-state index is -4.62. The van der Waals surface area contributed by atoms with Gasteiger partial charge in [0.2, 0.25) is 0 Å². The Hall–Kier alpha value is -4.37. The third kappa shape index (κ3) is 4.73. The van der Waals surface area contributed by atoms with Crippen LogP contribution in [0.3, 0.4) is 0 Å². The molecular formula is C28H20F3N3O2S. The normalized spacial score (nSPS) is 11.5. The number of nitrogens with one attached hydrogen (secondary N) is 1. The van der Waals surface area contributed by atoms with Gasteiger partial charge in [-0.15, -0.1) is 11.3 Å². The second kappa shape index (κ2) is 9.59. The number of para-hydroxylation sites is 1. The van der Waals surface area contributed by atoms with Crippen LogP contribution < -0.4 is 15.8 Å². The van der Waals surface area contributed by atoms with Crippen LogP contribution in [0.4, 0.5) is 24.5 Å². The molecule has 0 atom stereocenters. The predicted octanol–water partition coefficient (Wildman–Crippen LogP) is 7.49. The first-order chi connectivity index (χ1) is 17.8. The number of anilines is 2. The van der Waals surface area contributed by atoms with Crippen molar-refractivity contribution in [3.8, 4) is 28.1 Å². The number of carbonyl (C=O) groups is 1. The molecule has 9 heteroatoms. The number of amides is 1. The van der Waals surface area contributed by atoms with Crippen LogP contribution in [0.5, 0.6) is 5.75 Å². The highest BCUT2D eigenvalue weighted by molar-refractivity contribution is 7.21. The van der Waals surface area contributed by atoms with Crippen LogP contribution in [0.2, 0.25) is 0 Å². The third-order valence-electron chi connectivity index (χ3n) is 5.86. The topological polar surface area (TPSA) is 77.2 Å². The lowest BCUT2D eigenvalue weighted by Crippen LogP contribution is -2.16. The van der Waals surface area contributed by atoms with Gasteiger partial charge in [-0.1, -0.05) is 42.5 Å². The van der Waals surface area contributed by atoms with Crippen LogP contribution in [0.15, 0.2) is 84.9 Å². The van der Waals surface area contributed by atoms with Gasteiger partial charge in [0.15, 0.2) is 0 Å². The average Bonchev–Trinajstić information content (AvgIpc) is 3.25. The van der Waals surface area contributed by atoms with Crippen molar-refractivity contribution in [1.82, 2.24) is 4.98 Å². The summed E-state index contributed by atoms with van der Waals surface area (Å²) >= 11 is 1.04. The Kier molecular flexibility index (Phi) is 6.31. The second-order valence-electron chi connectivity index (χ2n) is 8.17. The largest absolute Gasteiger partial charge is 0.497 e. The molecule has 5 aromatic rings. The lowest BCUT2D eigenvalue weighted by molar-refractivity contribution is -0.136. The van der Waals surface area contributed by atoms with Crippen molar-refractivity contribution < 1.29 is 22.7 Å². The maximum Gasteiger partial charge on any atom is 0.418 e. The van der Waals surface area contributed by atoms with Crippen molar-refractivity contribution in [3.63, 3.8) is 0 Å². The van der Waals surface area contributed by atoms with E-state index in [0.29, 0.717) is 21.7 Å². The van der Waals surface area contributed by atoms with Gasteiger partial charge in [0, 0.05) is 10.9 Å². The molecule has 5 rings (SSSR count). The van der Waals surface area contributed by atoms with Gasteiger partial charge in [-0.05, 0) is 53.6 Å². The van der Waals surface area contributed by atoms with E-state index >= 15 is 0 Å². The van der Waals surface area contributed by atoms with E-state index in [9.17, 15) is 18.0 Å². The van der Waals surface area contributed by atoms with Crippen molar-refractivity contribution in [2.24, 2.45) is 0 Å². The van der Waals surface area contributed by atoms with E-state index in [1.807, 2.05) is 60.7 Å². The highest BCUT2D eigenvalue weighted by Gasteiger charge is 2.34. The molecule has 37 heavy (non-hydrogen) atoms. The van der Waals surface area contributed by atoms with E-state index in [2.05, 4.69) is 5.32 Å². The number of carbonyl (C=O) groups excluding carboxylic acids is 1. The maximum absolute atomic E-state index is 13.5. The zero-order chi connectivity index (χ0) is 26.2. The third-order valence-corrected chi connectivity index (χ3v) is 6.95. The van der Waals surface area contributed by atoms with E-state index in [4.69, 9.17) is 15.5 Å². The summed E-state index contributed by atoms with van der Waals surface area (Å²) in [6, 6.07) is 23.6. The molecule has 0 radical (unpaired) electrons. The van der Waals surface area contributed by atoms with Gasteiger partial charge in [0.1, 0.15) is 15.5 Å². The molecule has 0 unspecified atom stereocenters. The summed E-state index contributed by atoms with van der Waals surface area (Å²) in [5.74, 6) is -0.0335. The van der Waals surface area contributed by atoms with Crippen molar-refractivity contribution in [3.05, 3.63) is 95.4 Å². The minimum Gasteiger partial charge on any atom is -0.497 e. The number of nitrogens with two attached hydrogens (primary N) is 1. The number of fused-ring (bicyclic) bond motifs is 1. The van der Waals surface area contributed by atoms with Crippen LogP contribution >= 0.6 is 11.3 Å². The summed E-state index contributed by atoms with van der Waals surface area (Å²) in [5.41, 5.74) is 8.45. The number of nitrogens with zero attached hydrogens (tertiary/aromatic N) is 1. The number of hydrogen-bond donors (Lipinski definition) is 2. The molecule has 5 nitrogen and oxygen atoms in total. The number of thiophene rings is 1. The first kappa shape index (κ1) is 24.3. The van der Waals surface area contributed by atoms with Gasteiger partial charge in [-0.2, -0.15) is 13.2 Å². The molecule has 0 bridgehead atoms. The molecule has 0 saturated carbocycles. The van der Waals surface area contributed by atoms with Crippen LogP contribution in [0, 0.1) is 0 Å². The Bertz CT molecular complexity index is 1600. The molecule has 0 saturated heterocycles. The number of halogens is 3. The molecule has 0 aliphatic rings. The quantitative estimate of drug-likeness (QED) is 0.252. The number of nitrogen functional groups attached to an aromatic ring is 1. The summed E-state index contributed by atoms with van der Waals surface area (Å²) in [4.78, 5) is 18.5. The number of alkyl halides is 3. The molecule has 0 aliphatic heterocycles. The molecule has 2 aromatic heterocycles. The molecule has 2 heterocycles. The lowest BCUT2D eigenvalue weighted by Gasteiger charge is -2.13.